The molecule has 316 valence electrons. The Morgan fingerprint density at radius 1 is 0.860 bits per heavy atom. The van der Waals surface area contributed by atoms with E-state index >= 15 is 0 Å². The van der Waals surface area contributed by atoms with E-state index < -0.39 is 101 Å². The molecule has 0 bridgehead atoms. The lowest BCUT2D eigenvalue weighted by Crippen LogP contribution is -2.65. The largest absolute Gasteiger partial charge is 0.463 e. The van der Waals surface area contributed by atoms with E-state index in [4.69, 9.17) is 33.2 Å². The van der Waals surface area contributed by atoms with Crippen molar-refractivity contribution in [3.63, 3.8) is 0 Å². The van der Waals surface area contributed by atoms with Gasteiger partial charge in [-0.25, -0.2) is 4.79 Å². The van der Waals surface area contributed by atoms with E-state index in [9.17, 15) is 39.0 Å². The van der Waals surface area contributed by atoms with Crippen molar-refractivity contribution in [3.05, 3.63) is 22.8 Å². The second-order valence-electron chi connectivity index (χ2n) is 17.7. The highest BCUT2D eigenvalue weighted by molar-refractivity contribution is 5.90. The molecular weight excluding hydrogens is 744 g/mol. The summed E-state index contributed by atoms with van der Waals surface area (Å²) >= 11 is 0. The minimum atomic E-state index is -1.42. The third-order valence-electron chi connectivity index (χ3n) is 14.4. The van der Waals surface area contributed by atoms with Crippen LogP contribution in [0, 0.1) is 28.6 Å². The normalized spacial score (nSPS) is 41.3. The average molecular weight is 803 g/mol. The van der Waals surface area contributed by atoms with E-state index in [1.165, 1.54) is 6.92 Å². The maximum atomic E-state index is 14.5. The second kappa shape index (κ2) is 15.5. The highest BCUT2D eigenvalue weighted by Crippen LogP contribution is 2.69. The number of hydrogen-bond donors (Lipinski definition) is 2. The number of cyclic esters (lactones) is 1. The van der Waals surface area contributed by atoms with Gasteiger partial charge in [0.2, 0.25) is 0 Å². The zero-order valence-corrected chi connectivity index (χ0v) is 34.4. The quantitative estimate of drug-likeness (QED) is 0.194. The van der Waals surface area contributed by atoms with E-state index in [0.29, 0.717) is 50.5 Å². The van der Waals surface area contributed by atoms with Crippen LogP contribution in [0.5, 0.6) is 0 Å². The number of ether oxygens (including phenoxy) is 7. The summed E-state index contributed by atoms with van der Waals surface area (Å²) in [4.78, 5) is 75.8. The molecule has 0 amide bonds. The van der Waals surface area contributed by atoms with E-state index in [1.54, 1.807) is 13.8 Å². The Morgan fingerprint density at radius 2 is 1.49 bits per heavy atom. The predicted octanol–water partition coefficient (Wildman–Crippen LogP) is 3.73. The molecule has 15 nitrogen and oxygen atoms in total. The third kappa shape index (κ3) is 7.46. The van der Waals surface area contributed by atoms with Gasteiger partial charge in [0.1, 0.15) is 30.2 Å². The van der Waals surface area contributed by atoms with Gasteiger partial charge in [0.05, 0.1) is 17.1 Å². The Labute approximate surface area is 333 Å². The fraction of sp³-hybridized carbons (Fsp3) is 0.762. The zero-order valence-electron chi connectivity index (χ0n) is 34.4. The van der Waals surface area contributed by atoms with Crippen molar-refractivity contribution in [1.82, 2.24) is 0 Å². The lowest BCUT2D eigenvalue weighted by molar-refractivity contribution is -0.317. The number of hydrogen-bond acceptors (Lipinski definition) is 15. The summed E-state index contributed by atoms with van der Waals surface area (Å²) in [5, 5.41) is 25.0. The SMILES string of the molecule is CC(=O)OC[C@H]1O[C@@H](O[C@H]2CC(=O)[C@@]3(C)C(=CC[C@@H]4[C@@H]3CC[C@]3(C)[C@@H]([C@@](C)(O)[C@H]5CC(C)=C(C)C(=O)O5)CC[C@@]43O)C2)[C@H](OC(C)=O)[C@@H](OC(C)=O)[C@@H]1OC(C)=O. The highest BCUT2D eigenvalue weighted by atomic mass is 16.7. The van der Waals surface area contributed by atoms with Crippen LogP contribution >= 0.6 is 0 Å². The van der Waals surface area contributed by atoms with Crippen LogP contribution in [0.25, 0.3) is 0 Å². The number of esters is 5. The summed E-state index contributed by atoms with van der Waals surface area (Å²) in [6.45, 7) is 13.5. The summed E-state index contributed by atoms with van der Waals surface area (Å²) in [6, 6.07) is 0. The minimum absolute atomic E-state index is 0.0453. The number of carbonyl (C=O) groups is 6. The molecule has 14 atom stereocenters. The Balaban J connectivity index is 1.25. The Morgan fingerprint density at radius 3 is 2.11 bits per heavy atom. The molecule has 6 aliphatic rings. The summed E-state index contributed by atoms with van der Waals surface area (Å²) in [5.41, 5.74) is -1.94. The monoisotopic (exact) mass is 802 g/mol. The van der Waals surface area contributed by atoms with E-state index in [1.807, 2.05) is 26.8 Å². The number of carbonyl (C=O) groups excluding carboxylic acids is 6. The first kappa shape index (κ1) is 42.9. The summed E-state index contributed by atoms with van der Waals surface area (Å²) in [5.74, 6) is -4.29. The van der Waals surface area contributed by atoms with Crippen LogP contribution in [0.3, 0.4) is 0 Å². The number of allylic oxidation sites excluding steroid dienone is 1. The molecule has 0 spiro atoms. The van der Waals surface area contributed by atoms with Gasteiger partial charge in [0.15, 0.2) is 24.6 Å². The highest BCUT2D eigenvalue weighted by Gasteiger charge is 2.70. The lowest BCUT2D eigenvalue weighted by Gasteiger charge is -2.61. The fourth-order valence-corrected chi connectivity index (χ4v) is 11.4. The molecule has 0 aromatic heterocycles. The molecule has 0 aromatic rings. The molecule has 2 aliphatic heterocycles. The molecule has 2 N–H and O–H groups in total. The van der Waals surface area contributed by atoms with Crippen molar-refractivity contribution >= 4 is 35.6 Å². The van der Waals surface area contributed by atoms with Crippen LogP contribution < -0.4 is 0 Å². The van der Waals surface area contributed by atoms with Crippen molar-refractivity contribution in [2.24, 2.45) is 28.6 Å². The van der Waals surface area contributed by atoms with Crippen molar-refractivity contribution in [2.75, 3.05) is 6.61 Å². The van der Waals surface area contributed by atoms with Crippen molar-refractivity contribution < 1.29 is 72.1 Å². The molecule has 3 saturated carbocycles. The van der Waals surface area contributed by atoms with Crippen LogP contribution in [0.1, 0.15) is 114 Å². The Kier molecular flexibility index (Phi) is 11.7. The van der Waals surface area contributed by atoms with E-state index in [0.717, 1.165) is 31.9 Å². The van der Waals surface area contributed by atoms with Gasteiger partial charge < -0.3 is 43.4 Å². The molecule has 4 fully saturated rings. The van der Waals surface area contributed by atoms with Gasteiger partial charge in [-0.1, -0.05) is 24.1 Å². The van der Waals surface area contributed by atoms with Crippen molar-refractivity contribution in [3.8, 4) is 0 Å². The number of aliphatic hydroxyl groups is 2. The molecule has 2 heterocycles. The van der Waals surface area contributed by atoms with Gasteiger partial charge in [-0.3, -0.25) is 24.0 Å². The van der Waals surface area contributed by atoms with Crippen molar-refractivity contribution in [2.45, 2.75) is 168 Å². The van der Waals surface area contributed by atoms with Gasteiger partial charge in [0.25, 0.3) is 0 Å². The standard InChI is InChI=1S/C42H58O15/c1-20-16-33(57-37(48)21(20)2)41(9,49)31-13-15-42(50)29-11-10-26-17-27(18-32(47)40(26,8)28(29)12-14-39(31,42)7)55-38-36(54-25(6)46)35(53-24(5)45)34(52-23(4)44)30(56-38)19-51-22(3)43/h10,27-31,33-36,38,49-50H,11-19H2,1-9H3/t27-,28+,29-,30-,31+,33-,34-,35+,36-,38-,39-,40+,41-,42-/m1/s1. The lowest BCUT2D eigenvalue weighted by atomic mass is 9.44. The van der Waals surface area contributed by atoms with Crippen LogP contribution in [0.15, 0.2) is 22.8 Å². The molecule has 0 unspecified atom stereocenters. The summed E-state index contributed by atoms with van der Waals surface area (Å²) in [6.07, 6.45) is -2.94. The van der Waals surface area contributed by atoms with Gasteiger partial charge in [0, 0.05) is 51.5 Å². The first-order valence-electron chi connectivity index (χ1n) is 20.0. The molecule has 0 aromatic carbocycles. The summed E-state index contributed by atoms with van der Waals surface area (Å²) in [7, 11) is 0. The van der Waals surface area contributed by atoms with E-state index in [-0.39, 0.29) is 30.0 Å². The summed E-state index contributed by atoms with van der Waals surface area (Å²) < 4.78 is 40.2. The molecule has 4 aliphatic carbocycles. The molecule has 1 saturated heterocycles. The minimum Gasteiger partial charge on any atom is -0.463 e. The first-order valence-corrected chi connectivity index (χ1v) is 20.0. The van der Waals surface area contributed by atoms with Gasteiger partial charge in [-0.05, 0) is 84.0 Å². The van der Waals surface area contributed by atoms with Crippen LogP contribution in [0.4, 0.5) is 0 Å². The topological polar surface area (TPSA) is 207 Å². The zero-order chi connectivity index (χ0) is 42.0. The number of rotatable bonds is 9. The van der Waals surface area contributed by atoms with Gasteiger partial charge in [-0.2, -0.15) is 0 Å². The predicted molar refractivity (Wildman–Crippen MR) is 197 cm³/mol. The maximum Gasteiger partial charge on any atom is 0.334 e. The molecular formula is C42H58O15. The van der Waals surface area contributed by atoms with Crippen LogP contribution in [-0.4, -0.2) is 107 Å². The van der Waals surface area contributed by atoms with Gasteiger partial charge >= 0.3 is 29.8 Å². The van der Waals surface area contributed by atoms with Crippen molar-refractivity contribution in [1.29, 1.82) is 0 Å². The molecule has 15 heteroatoms. The van der Waals surface area contributed by atoms with Crippen LogP contribution in [-0.2, 0) is 61.9 Å². The number of fused-ring (bicyclic) bond motifs is 5. The van der Waals surface area contributed by atoms with Crippen LogP contribution in [0.2, 0.25) is 0 Å². The Bertz CT molecular complexity index is 1750. The molecule has 0 radical (unpaired) electrons. The van der Waals surface area contributed by atoms with Gasteiger partial charge in [-0.15, -0.1) is 0 Å². The third-order valence-corrected chi connectivity index (χ3v) is 14.4. The second-order valence-corrected chi connectivity index (χ2v) is 17.7. The molecule has 57 heavy (non-hydrogen) atoms. The molecule has 6 rings (SSSR count). The smallest absolute Gasteiger partial charge is 0.334 e. The van der Waals surface area contributed by atoms with E-state index in [2.05, 4.69) is 0 Å². The number of Topliss-reactive ketones (excluding diaryl/α,β-unsaturated/α-hetero) is 1. The first-order chi connectivity index (χ1) is 26.5. The Hall–Kier alpha value is -3.66. The average Bonchev–Trinajstić information content (AvgIpc) is 3.40. The maximum absolute atomic E-state index is 14.5. The number of ketones is 1. The fourth-order valence-electron chi connectivity index (χ4n) is 11.4.